The van der Waals surface area contributed by atoms with Crippen LogP contribution in [0.4, 0.5) is 5.13 Å². The first-order chi connectivity index (χ1) is 10.9. The Kier molecular flexibility index (Phi) is 4.37. The molecule has 0 aliphatic carbocycles. The number of hydrogen-bond acceptors (Lipinski definition) is 3. The summed E-state index contributed by atoms with van der Waals surface area (Å²) in [5.74, 6) is -0.0592. The quantitative estimate of drug-likeness (QED) is 0.721. The SMILES string of the molecule is Cc1ccc(CC(=O)Nc2nc3c(C)c(Cl)ccc3s2)cc1C. The number of nitrogens with zero attached hydrogens (tertiary/aromatic N) is 1. The standard InChI is InChI=1S/C18H17ClN2OS/c1-10-4-5-13(8-11(10)2)9-16(22)20-18-21-17-12(3)14(19)6-7-15(17)23-18/h4-8H,9H2,1-3H3,(H,20,21,22). The van der Waals surface area contributed by atoms with Crippen molar-refractivity contribution in [3.8, 4) is 0 Å². The summed E-state index contributed by atoms with van der Waals surface area (Å²) in [6.07, 6.45) is 0.344. The number of anilines is 1. The lowest BCUT2D eigenvalue weighted by molar-refractivity contribution is -0.115. The Morgan fingerprint density at radius 3 is 2.70 bits per heavy atom. The maximum atomic E-state index is 12.2. The Hall–Kier alpha value is -1.91. The summed E-state index contributed by atoms with van der Waals surface area (Å²) < 4.78 is 1.02. The molecule has 1 N–H and O–H groups in total. The molecule has 0 spiro atoms. The zero-order chi connectivity index (χ0) is 16.6. The highest BCUT2D eigenvalue weighted by molar-refractivity contribution is 7.22. The number of nitrogens with one attached hydrogen (secondary N) is 1. The van der Waals surface area contributed by atoms with E-state index in [0.717, 1.165) is 21.3 Å². The summed E-state index contributed by atoms with van der Waals surface area (Å²) in [5.41, 5.74) is 5.22. The average molecular weight is 345 g/mol. The Morgan fingerprint density at radius 2 is 1.96 bits per heavy atom. The van der Waals surface area contributed by atoms with Gasteiger partial charge in [0.05, 0.1) is 16.6 Å². The molecule has 0 saturated carbocycles. The zero-order valence-electron chi connectivity index (χ0n) is 13.2. The van der Waals surface area contributed by atoms with Crippen molar-refractivity contribution < 1.29 is 4.79 Å². The van der Waals surface area contributed by atoms with Gasteiger partial charge in [0.25, 0.3) is 0 Å². The molecule has 0 radical (unpaired) electrons. The van der Waals surface area contributed by atoms with E-state index in [2.05, 4.69) is 30.2 Å². The van der Waals surface area contributed by atoms with Gasteiger partial charge in [0.15, 0.2) is 5.13 Å². The van der Waals surface area contributed by atoms with Crippen molar-refractivity contribution in [2.75, 3.05) is 5.32 Å². The molecule has 1 amide bonds. The van der Waals surface area contributed by atoms with Gasteiger partial charge in [-0.1, -0.05) is 41.1 Å². The van der Waals surface area contributed by atoms with Gasteiger partial charge in [-0.15, -0.1) is 0 Å². The first kappa shape index (κ1) is 16.0. The van der Waals surface area contributed by atoms with Crippen LogP contribution in [-0.2, 0) is 11.2 Å². The molecule has 0 saturated heterocycles. The molecule has 0 atom stereocenters. The fourth-order valence-corrected chi connectivity index (χ4v) is 3.51. The minimum atomic E-state index is -0.0592. The molecule has 3 nitrogen and oxygen atoms in total. The van der Waals surface area contributed by atoms with Gasteiger partial charge >= 0.3 is 0 Å². The van der Waals surface area contributed by atoms with Gasteiger partial charge in [0.1, 0.15) is 0 Å². The number of halogens is 1. The normalized spacial score (nSPS) is 11.0. The van der Waals surface area contributed by atoms with Gasteiger partial charge in [0.2, 0.25) is 5.91 Å². The summed E-state index contributed by atoms with van der Waals surface area (Å²) in [4.78, 5) is 16.7. The molecule has 1 aromatic heterocycles. The molecule has 5 heteroatoms. The van der Waals surface area contributed by atoms with E-state index in [-0.39, 0.29) is 5.91 Å². The van der Waals surface area contributed by atoms with Gasteiger partial charge in [-0.3, -0.25) is 4.79 Å². The van der Waals surface area contributed by atoms with Gasteiger partial charge in [0, 0.05) is 5.02 Å². The number of hydrogen-bond donors (Lipinski definition) is 1. The molecule has 0 bridgehead atoms. The monoisotopic (exact) mass is 344 g/mol. The smallest absolute Gasteiger partial charge is 0.230 e. The summed E-state index contributed by atoms with van der Waals surface area (Å²) in [6.45, 7) is 6.05. The highest BCUT2D eigenvalue weighted by Gasteiger charge is 2.11. The Balaban J connectivity index is 1.77. The van der Waals surface area contributed by atoms with Crippen molar-refractivity contribution in [3.63, 3.8) is 0 Å². The van der Waals surface area contributed by atoms with E-state index >= 15 is 0 Å². The third kappa shape index (κ3) is 3.38. The number of fused-ring (bicyclic) bond motifs is 1. The van der Waals surface area contributed by atoms with Crippen LogP contribution in [0.1, 0.15) is 22.3 Å². The van der Waals surface area contributed by atoms with Gasteiger partial charge < -0.3 is 5.32 Å². The van der Waals surface area contributed by atoms with E-state index in [4.69, 9.17) is 11.6 Å². The number of benzene rings is 2. The lowest BCUT2D eigenvalue weighted by Crippen LogP contribution is -2.14. The molecule has 1 heterocycles. The highest BCUT2D eigenvalue weighted by Crippen LogP contribution is 2.31. The first-order valence-corrected chi connectivity index (χ1v) is 8.55. The van der Waals surface area contributed by atoms with Crippen molar-refractivity contribution >= 4 is 44.2 Å². The third-order valence-corrected chi connectivity index (χ3v) is 5.28. The number of carbonyl (C=O) groups is 1. The van der Waals surface area contributed by atoms with Crippen LogP contribution in [0.15, 0.2) is 30.3 Å². The van der Waals surface area contributed by atoms with Crippen molar-refractivity contribution in [3.05, 3.63) is 57.6 Å². The number of thiazole rings is 1. The molecule has 23 heavy (non-hydrogen) atoms. The second kappa shape index (κ2) is 6.30. The van der Waals surface area contributed by atoms with Crippen LogP contribution < -0.4 is 5.32 Å². The fourth-order valence-electron chi connectivity index (χ4n) is 2.42. The molecule has 0 unspecified atom stereocenters. The molecule has 3 aromatic rings. The van der Waals surface area contributed by atoms with Crippen molar-refractivity contribution in [2.24, 2.45) is 0 Å². The maximum Gasteiger partial charge on any atom is 0.230 e. The number of amides is 1. The number of rotatable bonds is 3. The van der Waals surface area contributed by atoms with Gasteiger partial charge in [-0.2, -0.15) is 0 Å². The Labute approximate surface area is 144 Å². The molecule has 0 fully saturated rings. The van der Waals surface area contributed by atoms with Crippen molar-refractivity contribution in [1.29, 1.82) is 0 Å². The predicted octanol–water partition coefficient (Wildman–Crippen LogP) is 5.06. The number of aromatic nitrogens is 1. The average Bonchev–Trinajstić information content (AvgIpc) is 2.90. The Bertz CT molecular complexity index is 901. The summed E-state index contributed by atoms with van der Waals surface area (Å²) in [5, 5.41) is 4.19. The summed E-state index contributed by atoms with van der Waals surface area (Å²) >= 11 is 7.58. The zero-order valence-corrected chi connectivity index (χ0v) is 14.8. The summed E-state index contributed by atoms with van der Waals surface area (Å²) in [7, 11) is 0. The number of aryl methyl sites for hydroxylation is 3. The lowest BCUT2D eigenvalue weighted by atomic mass is 10.0. The summed E-state index contributed by atoms with van der Waals surface area (Å²) in [6, 6.07) is 9.88. The predicted molar refractivity (Wildman–Crippen MR) is 97.6 cm³/mol. The molecular weight excluding hydrogens is 328 g/mol. The van der Waals surface area contributed by atoms with Crippen molar-refractivity contribution in [1.82, 2.24) is 4.98 Å². The molecule has 2 aromatic carbocycles. The molecular formula is C18H17ClN2OS. The topological polar surface area (TPSA) is 42.0 Å². The Morgan fingerprint density at radius 1 is 1.17 bits per heavy atom. The van der Waals surface area contributed by atoms with Crippen LogP contribution in [0.2, 0.25) is 5.02 Å². The molecule has 0 aliphatic heterocycles. The molecule has 3 rings (SSSR count). The lowest BCUT2D eigenvalue weighted by Gasteiger charge is -2.05. The van der Waals surface area contributed by atoms with Gasteiger partial charge in [-0.25, -0.2) is 4.98 Å². The minimum absolute atomic E-state index is 0.0592. The van der Waals surface area contributed by atoms with Crippen molar-refractivity contribution in [2.45, 2.75) is 27.2 Å². The minimum Gasteiger partial charge on any atom is -0.302 e. The second-order valence-corrected chi connectivity index (χ2v) is 7.12. The van der Waals surface area contributed by atoms with Crippen LogP contribution in [-0.4, -0.2) is 10.9 Å². The second-order valence-electron chi connectivity index (χ2n) is 5.68. The first-order valence-electron chi connectivity index (χ1n) is 7.35. The van der Waals surface area contributed by atoms with E-state index in [1.807, 2.05) is 31.2 Å². The maximum absolute atomic E-state index is 12.2. The van der Waals surface area contributed by atoms with E-state index < -0.39 is 0 Å². The van der Waals surface area contributed by atoms with Crippen LogP contribution in [0, 0.1) is 20.8 Å². The van der Waals surface area contributed by atoms with Crippen LogP contribution in [0.5, 0.6) is 0 Å². The number of carbonyl (C=O) groups excluding carboxylic acids is 1. The molecule has 0 aliphatic rings. The van der Waals surface area contributed by atoms with Crippen LogP contribution in [0.3, 0.4) is 0 Å². The van der Waals surface area contributed by atoms with Gasteiger partial charge in [-0.05, 0) is 55.2 Å². The molecule has 118 valence electrons. The van der Waals surface area contributed by atoms with Crippen LogP contribution >= 0.6 is 22.9 Å². The highest BCUT2D eigenvalue weighted by atomic mass is 35.5. The van der Waals surface area contributed by atoms with E-state index in [9.17, 15) is 4.79 Å². The van der Waals surface area contributed by atoms with Crippen LogP contribution in [0.25, 0.3) is 10.2 Å². The third-order valence-electron chi connectivity index (χ3n) is 3.93. The van der Waals surface area contributed by atoms with E-state index in [0.29, 0.717) is 16.6 Å². The fraction of sp³-hybridized carbons (Fsp3) is 0.222. The van der Waals surface area contributed by atoms with E-state index in [1.165, 1.54) is 22.5 Å². The van der Waals surface area contributed by atoms with E-state index in [1.54, 1.807) is 0 Å². The largest absolute Gasteiger partial charge is 0.302 e.